The Labute approximate surface area is 147 Å². The molecule has 25 heavy (non-hydrogen) atoms. The Balaban J connectivity index is 1.62. The summed E-state index contributed by atoms with van der Waals surface area (Å²) in [5.41, 5.74) is 1.65. The van der Waals surface area contributed by atoms with Crippen molar-refractivity contribution >= 4 is 16.9 Å². The molecule has 1 aliphatic rings. The van der Waals surface area contributed by atoms with E-state index in [2.05, 4.69) is 50.0 Å². The molecule has 2 N–H and O–H groups in total. The summed E-state index contributed by atoms with van der Waals surface area (Å²) in [5, 5.41) is 12.1. The maximum absolute atomic E-state index is 4.89. The Morgan fingerprint density at radius 3 is 3.08 bits per heavy atom. The van der Waals surface area contributed by atoms with Gasteiger partial charge in [0.25, 0.3) is 0 Å². The Bertz CT molecular complexity index is 863. The fraction of sp³-hybridized carbons (Fsp3) is 0.500. The molecule has 0 bridgehead atoms. The highest BCUT2D eigenvalue weighted by Crippen LogP contribution is 2.27. The average molecular weight is 339 g/mol. The second-order valence-electron chi connectivity index (χ2n) is 7.23. The zero-order valence-corrected chi connectivity index (χ0v) is 15.0. The number of H-pyrrole nitrogens is 1. The summed E-state index contributed by atoms with van der Waals surface area (Å²) in [7, 11) is 2.02. The summed E-state index contributed by atoms with van der Waals surface area (Å²) in [4.78, 5) is 11.6. The smallest absolute Gasteiger partial charge is 0.163 e. The van der Waals surface area contributed by atoms with Crippen molar-refractivity contribution in [3.05, 3.63) is 24.5 Å². The number of aromatic nitrogens is 5. The van der Waals surface area contributed by atoms with Crippen molar-refractivity contribution in [2.75, 3.05) is 24.5 Å². The Morgan fingerprint density at radius 1 is 1.36 bits per heavy atom. The van der Waals surface area contributed by atoms with Crippen LogP contribution in [0.3, 0.4) is 0 Å². The molecule has 1 fully saturated rings. The van der Waals surface area contributed by atoms with E-state index in [1.54, 1.807) is 6.20 Å². The van der Waals surface area contributed by atoms with Crippen LogP contribution in [0.1, 0.15) is 20.3 Å². The van der Waals surface area contributed by atoms with Gasteiger partial charge in [0.2, 0.25) is 0 Å². The van der Waals surface area contributed by atoms with Crippen molar-refractivity contribution in [1.82, 2.24) is 30.0 Å². The van der Waals surface area contributed by atoms with Crippen molar-refractivity contribution in [2.45, 2.75) is 26.3 Å². The van der Waals surface area contributed by atoms with E-state index in [-0.39, 0.29) is 0 Å². The van der Waals surface area contributed by atoms with Gasteiger partial charge in [-0.25, -0.2) is 9.97 Å². The van der Waals surface area contributed by atoms with Gasteiger partial charge in [0.05, 0.1) is 5.39 Å². The number of pyridine rings is 1. The van der Waals surface area contributed by atoms with Crippen LogP contribution in [-0.4, -0.2) is 50.4 Å². The lowest BCUT2D eigenvalue weighted by Gasteiger charge is -2.34. The highest BCUT2D eigenvalue weighted by molar-refractivity contribution is 5.88. The molecule has 0 amide bonds. The van der Waals surface area contributed by atoms with E-state index >= 15 is 0 Å². The molecule has 0 saturated carbocycles. The molecule has 1 atom stereocenters. The average Bonchev–Trinajstić information content (AvgIpc) is 3.18. The number of fused-ring (bicyclic) bond motifs is 1. The first kappa shape index (κ1) is 16.1. The summed E-state index contributed by atoms with van der Waals surface area (Å²) in [6.07, 6.45) is 5.06. The number of imidazole rings is 1. The van der Waals surface area contributed by atoms with Gasteiger partial charge in [-0.1, -0.05) is 13.8 Å². The fourth-order valence-electron chi connectivity index (χ4n) is 3.61. The third kappa shape index (κ3) is 3.11. The highest BCUT2D eigenvalue weighted by Gasteiger charge is 2.23. The van der Waals surface area contributed by atoms with Gasteiger partial charge in [-0.15, -0.1) is 0 Å². The van der Waals surface area contributed by atoms with Gasteiger partial charge in [0, 0.05) is 45.1 Å². The van der Waals surface area contributed by atoms with Crippen LogP contribution in [0.2, 0.25) is 0 Å². The molecule has 3 aromatic heterocycles. The predicted molar refractivity (Wildman–Crippen MR) is 99.5 cm³/mol. The standard InChI is InChI=1S/C18H25N7/c1-12(2)9-13-10-25(8-7-19-13)15-11-24(3)18(21-15)16-14-5-4-6-20-17(14)23-22-16/h4-6,11-13,19H,7-10H2,1-3H3,(H,20,22,23). The summed E-state index contributed by atoms with van der Waals surface area (Å²) >= 11 is 0. The second kappa shape index (κ2) is 6.48. The summed E-state index contributed by atoms with van der Waals surface area (Å²) < 4.78 is 2.05. The van der Waals surface area contributed by atoms with Crippen molar-refractivity contribution in [3.63, 3.8) is 0 Å². The number of rotatable bonds is 4. The lowest BCUT2D eigenvalue weighted by atomic mass is 10.0. The first-order chi connectivity index (χ1) is 12.1. The van der Waals surface area contributed by atoms with E-state index in [0.29, 0.717) is 12.0 Å². The van der Waals surface area contributed by atoms with Crippen LogP contribution in [0.25, 0.3) is 22.6 Å². The van der Waals surface area contributed by atoms with E-state index in [1.165, 1.54) is 6.42 Å². The minimum absolute atomic E-state index is 0.523. The molecular formula is C18H25N7. The van der Waals surface area contributed by atoms with Crippen LogP contribution in [0.15, 0.2) is 24.5 Å². The molecular weight excluding hydrogens is 314 g/mol. The highest BCUT2D eigenvalue weighted by atomic mass is 15.3. The minimum atomic E-state index is 0.523. The number of hydrogen-bond donors (Lipinski definition) is 2. The van der Waals surface area contributed by atoms with E-state index < -0.39 is 0 Å². The number of piperazine rings is 1. The molecule has 0 spiro atoms. The van der Waals surface area contributed by atoms with Gasteiger partial charge in [0.1, 0.15) is 11.5 Å². The molecule has 0 aliphatic carbocycles. The monoisotopic (exact) mass is 339 g/mol. The van der Waals surface area contributed by atoms with Crippen LogP contribution < -0.4 is 10.2 Å². The Hall–Kier alpha value is -2.41. The van der Waals surface area contributed by atoms with Crippen LogP contribution in [0, 0.1) is 5.92 Å². The second-order valence-corrected chi connectivity index (χ2v) is 7.23. The largest absolute Gasteiger partial charge is 0.352 e. The fourth-order valence-corrected chi connectivity index (χ4v) is 3.61. The van der Waals surface area contributed by atoms with Gasteiger partial charge in [-0.2, -0.15) is 5.10 Å². The number of anilines is 1. The van der Waals surface area contributed by atoms with Gasteiger partial charge >= 0.3 is 0 Å². The van der Waals surface area contributed by atoms with Crippen molar-refractivity contribution < 1.29 is 0 Å². The molecule has 4 heterocycles. The summed E-state index contributed by atoms with van der Waals surface area (Å²) in [5.74, 6) is 2.58. The first-order valence-electron chi connectivity index (χ1n) is 8.93. The van der Waals surface area contributed by atoms with Gasteiger partial charge in [0.15, 0.2) is 11.5 Å². The SMILES string of the molecule is CC(C)CC1CN(c2cn(C)c(-c3n[nH]c4ncccc34)n2)CCN1. The van der Waals surface area contributed by atoms with Gasteiger partial charge < -0.3 is 14.8 Å². The quantitative estimate of drug-likeness (QED) is 0.762. The zero-order chi connectivity index (χ0) is 17.4. The van der Waals surface area contributed by atoms with E-state index in [1.807, 2.05) is 19.2 Å². The number of aryl methyl sites for hydroxylation is 1. The maximum Gasteiger partial charge on any atom is 0.163 e. The minimum Gasteiger partial charge on any atom is -0.352 e. The van der Waals surface area contributed by atoms with Gasteiger partial charge in [-0.05, 0) is 24.5 Å². The van der Waals surface area contributed by atoms with Crippen LogP contribution in [-0.2, 0) is 7.05 Å². The van der Waals surface area contributed by atoms with Gasteiger partial charge in [-0.3, -0.25) is 5.10 Å². The van der Waals surface area contributed by atoms with Crippen LogP contribution in [0.4, 0.5) is 5.82 Å². The Morgan fingerprint density at radius 2 is 2.24 bits per heavy atom. The van der Waals surface area contributed by atoms with Crippen molar-refractivity contribution in [3.8, 4) is 11.5 Å². The molecule has 1 aliphatic heterocycles. The number of hydrogen-bond acceptors (Lipinski definition) is 5. The Kier molecular flexibility index (Phi) is 4.17. The normalized spacial score (nSPS) is 18.4. The molecule has 0 radical (unpaired) electrons. The van der Waals surface area contributed by atoms with Crippen molar-refractivity contribution in [2.24, 2.45) is 13.0 Å². The number of aromatic amines is 1. The van der Waals surface area contributed by atoms with Crippen LogP contribution in [0.5, 0.6) is 0 Å². The lowest BCUT2D eigenvalue weighted by molar-refractivity contribution is 0.387. The summed E-state index contributed by atoms with van der Waals surface area (Å²) in [6, 6.07) is 4.48. The maximum atomic E-state index is 4.89. The van der Waals surface area contributed by atoms with E-state index in [9.17, 15) is 0 Å². The molecule has 132 valence electrons. The zero-order valence-electron chi connectivity index (χ0n) is 15.0. The first-order valence-corrected chi connectivity index (χ1v) is 8.93. The van der Waals surface area contributed by atoms with Crippen LogP contribution >= 0.6 is 0 Å². The number of nitrogens with one attached hydrogen (secondary N) is 2. The molecule has 1 saturated heterocycles. The van der Waals surface area contributed by atoms with Crippen molar-refractivity contribution in [1.29, 1.82) is 0 Å². The molecule has 1 unspecified atom stereocenters. The van der Waals surface area contributed by atoms with E-state index in [0.717, 1.165) is 48.0 Å². The number of nitrogens with zero attached hydrogens (tertiary/aromatic N) is 5. The summed E-state index contributed by atoms with van der Waals surface area (Å²) in [6.45, 7) is 7.52. The third-order valence-electron chi connectivity index (χ3n) is 4.75. The molecule has 0 aromatic carbocycles. The molecule has 3 aromatic rings. The topological polar surface area (TPSA) is 74.7 Å². The molecule has 7 nitrogen and oxygen atoms in total. The van der Waals surface area contributed by atoms with E-state index in [4.69, 9.17) is 4.98 Å². The lowest BCUT2D eigenvalue weighted by Crippen LogP contribution is -2.51. The predicted octanol–water partition coefficient (Wildman–Crippen LogP) is 2.18. The molecule has 7 heteroatoms. The third-order valence-corrected chi connectivity index (χ3v) is 4.75. The molecule has 4 rings (SSSR count).